The number of hydrogen-bond acceptors (Lipinski definition) is 3. The fourth-order valence-electron chi connectivity index (χ4n) is 3.80. The van der Waals surface area contributed by atoms with Gasteiger partial charge in [0.15, 0.2) is 6.61 Å². The molecular formula is C29H31Cl3N2O3. The lowest BCUT2D eigenvalue weighted by Gasteiger charge is -2.34. The lowest BCUT2D eigenvalue weighted by atomic mass is 10.0. The molecule has 0 aromatic heterocycles. The Bertz CT molecular complexity index is 1220. The van der Waals surface area contributed by atoms with Crippen molar-refractivity contribution in [1.82, 2.24) is 10.2 Å². The van der Waals surface area contributed by atoms with Gasteiger partial charge in [-0.2, -0.15) is 0 Å². The van der Waals surface area contributed by atoms with Gasteiger partial charge in [-0.15, -0.1) is 0 Å². The summed E-state index contributed by atoms with van der Waals surface area (Å²) in [5, 5.41) is 4.45. The van der Waals surface area contributed by atoms with E-state index in [-0.39, 0.29) is 25.0 Å². The van der Waals surface area contributed by atoms with Gasteiger partial charge < -0.3 is 15.0 Å². The van der Waals surface area contributed by atoms with Crippen LogP contribution in [0.25, 0.3) is 0 Å². The Balaban J connectivity index is 1.98. The summed E-state index contributed by atoms with van der Waals surface area (Å²) in [6.45, 7) is 7.30. The zero-order valence-electron chi connectivity index (χ0n) is 21.4. The molecule has 37 heavy (non-hydrogen) atoms. The van der Waals surface area contributed by atoms with Crippen LogP contribution in [0.3, 0.4) is 0 Å². The number of amides is 2. The van der Waals surface area contributed by atoms with Crippen molar-refractivity contribution in [3.05, 3.63) is 98.5 Å². The van der Waals surface area contributed by atoms with E-state index in [1.165, 1.54) is 4.90 Å². The lowest BCUT2D eigenvalue weighted by Crippen LogP contribution is -2.55. The molecular weight excluding hydrogens is 531 g/mol. The second-order valence-electron chi connectivity index (χ2n) is 9.87. The van der Waals surface area contributed by atoms with Gasteiger partial charge in [0, 0.05) is 39.1 Å². The average molecular weight is 562 g/mol. The van der Waals surface area contributed by atoms with E-state index in [1.54, 1.807) is 36.4 Å². The fourth-order valence-corrected chi connectivity index (χ4v) is 4.43. The van der Waals surface area contributed by atoms with Crippen LogP contribution in [-0.4, -0.2) is 34.9 Å². The van der Waals surface area contributed by atoms with Gasteiger partial charge in [-0.05, 0) is 69.2 Å². The molecule has 0 saturated carbocycles. The van der Waals surface area contributed by atoms with Crippen LogP contribution in [0.1, 0.15) is 37.5 Å². The molecule has 0 radical (unpaired) electrons. The molecule has 0 unspecified atom stereocenters. The van der Waals surface area contributed by atoms with Gasteiger partial charge in [-0.1, -0.05) is 71.2 Å². The maximum absolute atomic E-state index is 13.7. The van der Waals surface area contributed by atoms with Crippen LogP contribution >= 0.6 is 34.8 Å². The molecule has 0 heterocycles. The summed E-state index contributed by atoms with van der Waals surface area (Å²) in [4.78, 5) is 28.8. The zero-order chi connectivity index (χ0) is 27.2. The van der Waals surface area contributed by atoms with Gasteiger partial charge >= 0.3 is 0 Å². The Morgan fingerprint density at radius 1 is 0.919 bits per heavy atom. The van der Waals surface area contributed by atoms with Crippen molar-refractivity contribution in [3.8, 4) is 5.75 Å². The summed E-state index contributed by atoms with van der Waals surface area (Å²) in [6, 6.07) is 19.1. The minimum atomic E-state index is -0.836. The Morgan fingerprint density at radius 2 is 1.57 bits per heavy atom. The summed E-state index contributed by atoms with van der Waals surface area (Å²) >= 11 is 19.1. The summed E-state index contributed by atoms with van der Waals surface area (Å²) in [7, 11) is 0. The number of aryl methyl sites for hydroxylation is 1. The molecule has 0 aliphatic carbocycles. The molecule has 1 N–H and O–H groups in total. The highest BCUT2D eigenvalue weighted by Crippen LogP contribution is 2.28. The first kappa shape index (κ1) is 28.8. The normalized spacial score (nSPS) is 12.1. The van der Waals surface area contributed by atoms with Gasteiger partial charge in [0.1, 0.15) is 11.8 Å². The third-order valence-electron chi connectivity index (χ3n) is 5.65. The number of hydrogen-bond donors (Lipinski definition) is 1. The maximum Gasteiger partial charge on any atom is 0.261 e. The number of ether oxygens (including phenoxy) is 1. The highest BCUT2D eigenvalue weighted by atomic mass is 35.5. The van der Waals surface area contributed by atoms with Crippen molar-refractivity contribution in [1.29, 1.82) is 0 Å². The molecule has 0 saturated heterocycles. The second kappa shape index (κ2) is 12.7. The van der Waals surface area contributed by atoms with Crippen LogP contribution < -0.4 is 10.1 Å². The Morgan fingerprint density at radius 3 is 2.16 bits per heavy atom. The van der Waals surface area contributed by atoms with Gasteiger partial charge in [-0.25, -0.2) is 0 Å². The monoisotopic (exact) mass is 560 g/mol. The molecule has 0 aliphatic rings. The van der Waals surface area contributed by atoms with E-state index < -0.39 is 11.6 Å². The number of rotatable bonds is 9. The lowest BCUT2D eigenvalue weighted by molar-refractivity contribution is -0.143. The van der Waals surface area contributed by atoms with Gasteiger partial charge in [0.2, 0.25) is 5.91 Å². The van der Waals surface area contributed by atoms with Crippen molar-refractivity contribution >= 4 is 46.6 Å². The molecule has 3 rings (SSSR count). The molecule has 5 nitrogen and oxygen atoms in total. The number of carbonyl (C=O) groups is 2. The van der Waals surface area contributed by atoms with Crippen LogP contribution in [0.5, 0.6) is 5.75 Å². The number of benzene rings is 3. The van der Waals surface area contributed by atoms with Crippen LogP contribution in [-0.2, 0) is 22.6 Å². The molecule has 0 aliphatic heterocycles. The summed E-state index contributed by atoms with van der Waals surface area (Å²) < 4.78 is 5.82. The summed E-state index contributed by atoms with van der Waals surface area (Å²) in [5.74, 6) is -0.159. The van der Waals surface area contributed by atoms with E-state index >= 15 is 0 Å². The summed E-state index contributed by atoms with van der Waals surface area (Å²) in [6.07, 6.45) is 0.302. The highest BCUT2D eigenvalue weighted by molar-refractivity contribution is 6.36. The predicted octanol–water partition coefficient (Wildman–Crippen LogP) is 6.89. The molecule has 2 amide bonds. The minimum Gasteiger partial charge on any atom is -0.484 e. The minimum absolute atomic E-state index is 0.0371. The number of carbonyl (C=O) groups excluding carboxylic acids is 2. The van der Waals surface area contributed by atoms with Crippen molar-refractivity contribution < 1.29 is 14.3 Å². The number of halogens is 3. The second-order valence-corrected chi connectivity index (χ2v) is 11.1. The van der Waals surface area contributed by atoms with E-state index in [4.69, 9.17) is 39.5 Å². The van der Waals surface area contributed by atoms with Crippen molar-refractivity contribution in [2.24, 2.45) is 0 Å². The van der Waals surface area contributed by atoms with Crippen LogP contribution in [0.15, 0.2) is 66.7 Å². The predicted molar refractivity (Wildman–Crippen MR) is 151 cm³/mol. The van der Waals surface area contributed by atoms with E-state index in [0.29, 0.717) is 32.8 Å². The van der Waals surface area contributed by atoms with Crippen LogP contribution in [0.2, 0.25) is 15.1 Å². The molecule has 196 valence electrons. The number of nitrogens with zero attached hydrogens (tertiary/aromatic N) is 1. The molecule has 0 spiro atoms. The van der Waals surface area contributed by atoms with Gasteiger partial charge in [-0.3, -0.25) is 9.59 Å². The van der Waals surface area contributed by atoms with Crippen molar-refractivity contribution in [2.75, 3.05) is 6.61 Å². The third kappa shape index (κ3) is 8.39. The van der Waals surface area contributed by atoms with Crippen LogP contribution in [0, 0.1) is 6.92 Å². The van der Waals surface area contributed by atoms with Crippen molar-refractivity contribution in [2.45, 2.75) is 52.2 Å². The number of nitrogens with one attached hydrogen (secondary N) is 1. The van der Waals surface area contributed by atoms with E-state index in [1.807, 2.05) is 58.0 Å². The van der Waals surface area contributed by atoms with E-state index in [0.717, 1.165) is 11.1 Å². The topological polar surface area (TPSA) is 58.6 Å². The first-order chi connectivity index (χ1) is 17.4. The molecule has 3 aromatic carbocycles. The third-order valence-corrected chi connectivity index (χ3v) is 6.78. The molecule has 3 aromatic rings. The Kier molecular flexibility index (Phi) is 9.88. The maximum atomic E-state index is 13.7. The quantitative estimate of drug-likeness (QED) is 0.309. The Hall–Kier alpha value is -2.73. The largest absolute Gasteiger partial charge is 0.484 e. The molecule has 0 fully saturated rings. The van der Waals surface area contributed by atoms with E-state index in [9.17, 15) is 9.59 Å². The standard InChI is InChI=1S/C29H31Cl3N2O3/c1-19-15-21(13-14-23(19)30)37-18-27(35)34(17-22-24(31)11-8-12-25(22)32)26(28(36)33-29(2,3)4)16-20-9-6-5-7-10-20/h5-15,26H,16-18H2,1-4H3,(H,33,36)/t26-/m0/s1. The Labute approximate surface area is 233 Å². The molecule has 1 atom stereocenters. The highest BCUT2D eigenvalue weighted by Gasteiger charge is 2.33. The van der Waals surface area contributed by atoms with Crippen molar-refractivity contribution in [3.63, 3.8) is 0 Å². The van der Waals surface area contributed by atoms with Gasteiger partial charge in [0.25, 0.3) is 5.91 Å². The first-order valence-corrected chi connectivity index (χ1v) is 13.1. The van der Waals surface area contributed by atoms with E-state index in [2.05, 4.69) is 5.32 Å². The molecule has 8 heteroatoms. The first-order valence-electron chi connectivity index (χ1n) is 11.9. The van der Waals surface area contributed by atoms with Crippen LogP contribution in [0.4, 0.5) is 0 Å². The summed E-state index contributed by atoms with van der Waals surface area (Å²) in [5.41, 5.74) is 1.80. The average Bonchev–Trinajstić information content (AvgIpc) is 2.83. The smallest absolute Gasteiger partial charge is 0.261 e. The molecule has 0 bridgehead atoms. The SMILES string of the molecule is Cc1cc(OCC(=O)N(Cc2c(Cl)cccc2Cl)[C@@H](Cc2ccccc2)C(=O)NC(C)(C)C)ccc1Cl. The fraction of sp³-hybridized carbons (Fsp3) is 0.310. The van der Waals surface area contributed by atoms with Gasteiger partial charge in [0.05, 0.1) is 0 Å². The zero-order valence-corrected chi connectivity index (χ0v) is 23.6.